The Morgan fingerprint density at radius 3 is 2.68 bits per heavy atom. The molecule has 1 aliphatic carbocycles. The molecule has 138 valence electrons. The average molecular weight is 355 g/mol. The summed E-state index contributed by atoms with van der Waals surface area (Å²) in [6, 6.07) is 3.07. The number of hydrogen-bond donors (Lipinski definition) is 2. The number of aliphatic hydroxyl groups excluding tert-OH is 1. The summed E-state index contributed by atoms with van der Waals surface area (Å²) in [5, 5.41) is 11.9. The summed E-state index contributed by atoms with van der Waals surface area (Å²) < 4.78 is 32.0. The summed E-state index contributed by atoms with van der Waals surface area (Å²) in [7, 11) is 0. The second-order valence-electron chi connectivity index (χ2n) is 7.48. The first-order valence-corrected chi connectivity index (χ1v) is 8.39. The zero-order valence-corrected chi connectivity index (χ0v) is 14.4. The molecule has 8 heteroatoms. The highest BCUT2D eigenvalue weighted by atomic mass is 19.3. The number of amides is 1. The van der Waals surface area contributed by atoms with E-state index in [-0.39, 0.29) is 31.3 Å². The van der Waals surface area contributed by atoms with Gasteiger partial charge >= 0.3 is 0 Å². The smallest absolute Gasteiger partial charge is 0.282 e. The van der Waals surface area contributed by atoms with Crippen molar-refractivity contribution >= 4 is 11.6 Å². The van der Waals surface area contributed by atoms with E-state index < -0.39 is 17.4 Å². The Labute approximate surface area is 145 Å². The van der Waals surface area contributed by atoms with Gasteiger partial charge in [0, 0.05) is 0 Å². The fraction of sp³-hybridized carbons (Fsp3) is 0.647. The highest BCUT2D eigenvalue weighted by Crippen LogP contribution is 2.37. The third-order valence-corrected chi connectivity index (χ3v) is 4.26. The monoisotopic (exact) mass is 355 g/mol. The molecule has 1 aromatic rings. The summed E-state index contributed by atoms with van der Waals surface area (Å²) in [6.45, 7) is 2.87. The van der Waals surface area contributed by atoms with Crippen LogP contribution in [0, 0.1) is 5.92 Å². The van der Waals surface area contributed by atoms with E-state index in [4.69, 9.17) is 4.74 Å². The molecule has 0 atom stereocenters. The van der Waals surface area contributed by atoms with Crippen molar-refractivity contribution in [1.29, 1.82) is 0 Å². The van der Waals surface area contributed by atoms with Gasteiger partial charge in [-0.25, -0.2) is 13.8 Å². The number of carbonyl (C=O) groups is 1. The number of rotatable bonds is 7. The molecule has 6 nitrogen and oxygen atoms in total. The molecule has 1 saturated carbocycles. The largest absolute Gasteiger partial charge is 0.476 e. The normalized spacial score (nSPS) is 19.3. The molecule has 3 rings (SSSR count). The second kappa shape index (κ2) is 6.40. The SMILES string of the molecule is CC(C)(CO)NC(=O)c1ccc(N2CC(F)(F)C2)c(OCC2CC2)n1. The van der Waals surface area contributed by atoms with Crippen molar-refractivity contribution in [2.45, 2.75) is 38.2 Å². The van der Waals surface area contributed by atoms with Gasteiger partial charge in [-0.1, -0.05) is 0 Å². The molecule has 0 bridgehead atoms. The highest BCUT2D eigenvalue weighted by Gasteiger charge is 2.45. The number of nitrogens with zero attached hydrogens (tertiary/aromatic N) is 2. The van der Waals surface area contributed by atoms with Gasteiger partial charge in [-0.05, 0) is 44.7 Å². The van der Waals surface area contributed by atoms with Gasteiger partial charge < -0.3 is 20.1 Å². The van der Waals surface area contributed by atoms with Gasteiger partial charge in [0.1, 0.15) is 11.4 Å². The van der Waals surface area contributed by atoms with Gasteiger partial charge in [0.25, 0.3) is 11.8 Å². The molecular formula is C17H23F2N3O3. The van der Waals surface area contributed by atoms with Crippen molar-refractivity contribution in [3.63, 3.8) is 0 Å². The number of halogens is 2. The molecule has 0 unspecified atom stereocenters. The number of anilines is 1. The number of aliphatic hydroxyl groups is 1. The minimum Gasteiger partial charge on any atom is -0.476 e. The highest BCUT2D eigenvalue weighted by molar-refractivity contribution is 5.93. The lowest BCUT2D eigenvalue weighted by atomic mass is 10.1. The number of pyridine rings is 1. The van der Waals surface area contributed by atoms with E-state index >= 15 is 0 Å². The van der Waals surface area contributed by atoms with Crippen LogP contribution in [0.25, 0.3) is 0 Å². The van der Waals surface area contributed by atoms with Crippen molar-refractivity contribution in [3.05, 3.63) is 17.8 Å². The minimum atomic E-state index is -2.70. The lowest BCUT2D eigenvalue weighted by molar-refractivity contribution is -0.0265. The standard InChI is InChI=1S/C17H23F2N3O3/c1-16(2,10-23)21-14(24)12-5-6-13(22-8-17(18,19)9-22)15(20-12)25-7-11-3-4-11/h5-6,11,23H,3-4,7-10H2,1-2H3,(H,21,24). The third-order valence-electron chi connectivity index (χ3n) is 4.26. The van der Waals surface area contributed by atoms with Gasteiger partial charge in [0.05, 0.1) is 31.8 Å². The third kappa shape index (κ3) is 4.36. The average Bonchev–Trinajstić information content (AvgIpc) is 3.34. The zero-order chi connectivity index (χ0) is 18.2. The first-order chi connectivity index (χ1) is 11.7. The molecule has 1 saturated heterocycles. The van der Waals surface area contributed by atoms with E-state index in [1.165, 1.54) is 11.0 Å². The minimum absolute atomic E-state index is 0.128. The van der Waals surface area contributed by atoms with Gasteiger partial charge in [0.2, 0.25) is 5.88 Å². The van der Waals surface area contributed by atoms with E-state index in [9.17, 15) is 18.7 Å². The quantitative estimate of drug-likeness (QED) is 0.781. The lowest BCUT2D eigenvalue weighted by Gasteiger charge is -2.40. The number of hydrogen-bond acceptors (Lipinski definition) is 5. The summed E-state index contributed by atoms with van der Waals surface area (Å²) in [4.78, 5) is 18.0. The topological polar surface area (TPSA) is 74.7 Å². The Morgan fingerprint density at radius 2 is 2.12 bits per heavy atom. The Bertz CT molecular complexity index is 655. The molecule has 0 radical (unpaired) electrons. The van der Waals surface area contributed by atoms with Gasteiger partial charge in [0.15, 0.2) is 0 Å². The molecule has 1 aromatic heterocycles. The molecule has 0 spiro atoms. The second-order valence-corrected chi connectivity index (χ2v) is 7.48. The number of alkyl halides is 2. The molecule has 0 aromatic carbocycles. The van der Waals surface area contributed by atoms with Crippen molar-refractivity contribution < 1.29 is 23.4 Å². The molecule has 25 heavy (non-hydrogen) atoms. The number of nitrogens with one attached hydrogen (secondary N) is 1. The number of aromatic nitrogens is 1. The Kier molecular flexibility index (Phi) is 4.57. The maximum Gasteiger partial charge on any atom is 0.282 e. The maximum absolute atomic E-state index is 13.2. The van der Waals surface area contributed by atoms with Gasteiger partial charge in [-0.2, -0.15) is 0 Å². The molecule has 2 heterocycles. The Hall–Kier alpha value is -1.96. The Morgan fingerprint density at radius 1 is 1.44 bits per heavy atom. The van der Waals surface area contributed by atoms with E-state index in [0.717, 1.165) is 12.8 Å². The van der Waals surface area contributed by atoms with Crippen LogP contribution in [-0.2, 0) is 0 Å². The van der Waals surface area contributed by atoms with Crippen LogP contribution in [0.1, 0.15) is 37.2 Å². The summed E-state index contributed by atoms with van der Waals surface area (Å²) in [5.41, 5.74) is -0.181. The van der Waals surface area contributed by atoms with Crippen LogP contribution < -0.4 is 15.0 Å². The molecule has 2 aliphatic rings. The molecule has 2 fully saturated rings. The van der Waals surface area contributed by atoms with Gasteiger partial charge in [-0.15, -0.1) is 0 Å². The Balaban J connectivity index is 1.78. The van der Waals surface area contributed by atoms with Crippen molar-refractivity contribution in [2.24, 2.45) is 5.92 Å². The van der Waals surface area contributed by atoms with Crippen LogP contribution in [0.3, 0.4) is 0 Å². The van der Waals surface area contributed by atoms with Crippen molar-refractivity contribution in [2.75, 3.05) is 31.2 Å². The first-order valence-electron chi connectivity index (χ1n) is 8.39. The fourth-order valence-electron chi connectivity index (χ4n) is 2.48. The molecule has 2 N–H and O–H groups in total. The van der Waals surface area contributed by atoms with Gasteiger partial charge in [-0.3, -0.25) is 4.79 Å². The zero-order valence-electron chi connectivity index (χ0n) is 14.4. The maximum atomic E-state index is 13.2. The van der Waals surface area contributed by atoms with Crippen molar-refractivity contribution in [1.82, 2.24) is 10.3 Å². The van der Waals surface area contributed by atoms with Crippen LogP contribution in [0.15, 0.2) is 12.1 Å². The van der Waals surface area contributed by atoms with Crippen LogP contribution in [0.5, 0.6) is 5.88 Å². The summed E-state index contributed by atoms with van der Waals surface area (Å²) >= 11 is 0. The predicted molar refractivity (Wildman–Crippen MR) is 88.2 cm³/mol. The summed E-state index contributed by atoms with van der Waals surface area (Å²) in [6.07, 6.45) is 2.17. The number of ether oxygens (including phenoxy) is 1. The van der Waals surface area contributed by atoms with Crippen LogP contribution in [0.4, 0.5) is 14.5 Å². The molecular weight excluding hydrogens is 332 g/mol. The van der Waals surface area contributed by atoms with Crippen molar-refractivity contribution in [3.8, 4) is 5.88 Å². The molecule has 1 aliphatic heterocycles. The van der Waals surface area contributed by atoms with E-state index in [1.54, 1.807) is 19.9 Å². The van der Waals surface area contributed by atoms with Crippen LogP contribution in [-0.4, -0.2) is 53.8 Å². The van der Waals surface area contributed by atoms with Crippen LogP contribution >= 0.6 is 0 Å². The first kappa shape index (κ1) is 17.8. The molecule has 1 amide bonds. The van der Waals surface area contributed by atoms with E-state index in [0.29, 0.717) is 18.2 Å². The van der Waals surface area contributed by atoms with E-state index in [1.807, 2.05) is 0 Å². The number of carbonyl (C=O) groups excluding carboxylic acids is 1. The van der Waals surface area contributed by atoms with E-state index in [2.05, 4.69) is 10.3 Å². The van der Waals surface area contributed by atoms with Crippen LogP contribution in [0.2, 0.25) is 0 Å². The summed E-state index contributed by atoms with van der Waals surface area (Å²) in [5.74, 6) is -2.47. The lowest BCUT2D eigenvalue weighted by Crippen LogP contribution is -2.56. The fourth-order valence-corrected chi connectivity index (χ4v) is 2.48. The predicted octanol–water partition coefficient (Wildman–Crippen LogP) is 1.83.